The largest absolute Gasteiger partial charge is 0.413 e. The Morgan fingerprint density at radius 1 is 1.45 bits per heavy atom. The molecule has 0 aliphatic carbocycles. The number of amides is 1. The zero-order valence-electron chi connectivity index (χ0n) is 13.0. The molecule has 0 bridgehead atoms. The summed E-state index contributed by atoms with van der Waals surface area (Å²) >= 11 is 1.42. The number of anilines is 1. The molecule has 2 aliphatic rings. The summed E-state index contributed by atoms with van der Waals surface area (Å²) in [4.78, 5) is 18.3. The summed E-state index contributed by atoms with van der Waals surface area (Å²) < 4.78 is 5.28. The third kappa shape index (κ3) is 3.59. The first-order valence-electron chi connectivity index (χ1n) is 7.68. The Morgan fingerprint density at radius 3 is 2.86 bits per heavy atom. The highest BCUT2D eigenvalue weighted by Gasteiger charge is 2.27. The average molecular weight is 322 g/mol. The second-order valence-corrected chi connectivity index (χ2v) is 7.10. The molecule has 7 heteroatoms. The van der Waals surface area contributed by atoms with Crippen LogP contribution in [-0.2, 0) is 0 Å². The van der Waals surface area contributed by atoms with E-state index in [1.54, 1.807) is 6.20 Å². The molecule has 1 aromatic rings. The van der Waals surface area contributed by atoms with E-state index in [1.807, 2.05) is 0 Å². The molecule has 2 N–H and O–H groups in total. The van der Waals surface area contributed by atoms with Crippen molar-refractivity contribution in [2.45, 2.75) is 20.3 Å². The minimum absolute atomic E-state index is 0.401. The third-order valence-corrected chi connectivity index (χ3v) is 4.80. The van der Waals surface area contributed by atoms with Crippen molar-refractivity contribution < 1.29 is 9.53 Å². The van der Waals surface area contributed by atoms with Crippen molar-refractivity contribution >= 4 is 22.6 Å². The van der Waals surface area contributed by atoms with Crippen LogP contribution < -0.4 is 20.3 Å². The molecule has 0 fully saturated rings. The molecule has 0 atom stereocenters. The number of carbonyl (C=O) groups is 1. The number of ether oxygens (including phenoxy) is 1. The van der Waals surface area contributed by atoms with Crippen molar-refractivity contribution in [3.05, 3.63) is 17.3 Å². The highest BCUT2D eigenvalue weighted by atomic mass is 32.1. The second kappa shape index (κ2) is 6.66. The Balaban J connectivity index is 1.48. The fourth-order valence-electron chi connectivity index (χ4n) is 2.64. The van der Waals surface area contributed by atoms with Gasteiger partial charge in [0, 0.05) is 32.7 Å². The predicted molar refractivity (Wildman–Crippen MR) is 87.7 cm³/mol. The molecule has 22 heavy (non-hydrogen) atoms. The lowest BCUT2D eigenvalue weighted by Gasteiger charge is -2.16. The smallest absolute Gasteiger partial charge is 0.397 e. The van der Waals surface area contributed by atoms with Crippen LogP contribution in [0.2, 0.25) is 0 Å². The molecule has 3 rings (SSSR count). The fourth-order valence-corrected chi connectivity index (χ4v) is 3.40. The van der Waals surface area contributed by atoms with Crippen LogP contribution in [0.1, 0.15) is 20.3 Å². The molecule has 1 amide bonds. The molecule has 2 aliphatic heterocycles. The van der Waals surface area contributed by atoms with E-state index in [1.165, 1.54) is 22.5 Å². The zero-order chi connectivity index (χ0) is 15.5. The van der Waals surface area contributed by atoms with E-state index in [4.69, 9.17) is 4.74 Å². The van der Waals surface area contributed by atoms with E-state index in [9.17, 15) is 4.79 Å². The van der Waals surface area contributed by atoms with E-state index in [-0.39, 0.29) is 0 Å². The van der Waals surface area contributed by atoms with Gasteiger partial charge in [0.1, 0.15) is 0 Å². The molecule has 0 saturated heterocycles. The average Bonchev–Trinajstić information content (AvgIpc) is 3.11. The Kier molecular flexibility index (Phi) is 4.63. The van der Waals surface area contributed by atoms with Gasteiger partial charge in [-0.25, -0.2) is 9.78 Å². The number of nitrogens with zero attached hydrogens (tertiary/aromatic N) is 2. The zero-order valence-corrected chi connectivity index (χ0v) is 13.8. The lowest BCUT2D eigenvalue weighted by Crippen LogP contribution is -2.28. The van der Waals surface area contributed by atoms with Gasteiger partial charge < -0.3 is 20.3 Å². The number of hydrogen-bond acceptors (Lipinski definition) is 6. The van der Waals surface area contributed by atoms with Crippen LogP contribution in [0, 0.1) is 5.92 Å². The summed E-state index contributed by atoms with van der Waals surface area (Å²) in [5, 5.41) is 7.58. The molecule has 0 saturated carbocycles. The van der Waals surface area contributed by atoms with Crippen LogP contribution in [0.25, 0.3) is 0 Å². The molecule has 0 radical (unpaired) electrons. The van der Waals surface area contributed by atoms with Crippen LogP contribution in [0.3, 0.4) is 0 Å². The molecule has 0 aromatic carbocycles. The lowest BCUT2D eigenvalue weighted by atomic mass is 10.1. The number of carbonyl (C=O) groups excluding carboxylic acids is 1. The molecular formula is C15H22N4O2S. The fraction of sp³-hybridized carbons (Fsp3) is 0.600. The Bertz CT molecular complexity index is 566. The van der Waals surface area contributed by atoms with E-state index >= 15 is 0 Å². The normalized spacial score (nSPS) is 17.3. The maximum Gasteiger partial charge on any atom is 0.413 e. The Hall–Kier alpha value is -1.60. The van der Waals surface area contributed by atoms with Crippen LogP contribution in [0.4, 0.5) is 9.93 Å². The van der Waals surface area contributed by atoms with Gasteiger partial charge in [-0.15, -0.1) is 0 Å². The van der Waals surface area contributed by atoms with Gasteiger partial charge in [-0.05, 0) is 23.5 Å². The van der Waals surface area contributed by atoms with Crippen LogP contribution in [0.15, 0.2) is 17.3 Å². The maximum absolute atomic E-state index is 11.7. The first-order valence-corrected chi connectivity index (χ1v) is 8.50. The van der Waals surface area contributed by atoms with E-state index in [0.717, 1.165) is 37.7 Å². The molecule has 120 valence electrons. The third-order valence-electron chi connectivity index (χ3n) is 3.87. The van der Waals surface area contributed by atoms with Crippen molar-refractivity contribution in [2.24, 2.45) is 5.92 Å². The van der Waals surface area contributed by atoms with E-state index in [2.05, 4.69) is 34.4 Å². The minimum atomic E-state index is -0.401. The Labute approximate surface area is 134 Å². The summed E-state index contributed by atoms with van der Waals surface area (Å²) in [6, 6.07) is 0. The van der Waals surface area contributed by atoms with Gasteiger partial charge in [-0.2, -0.15) is 0 Å². The minimum Gasteiger partial charge on any atom is -0.397 e. The SMILES string of the molecule is CC(C)CCNC(=O)Oc1cnc(N2CC3=C(CNC3)C2)s1. The van der Waals surface area contributed by atoms with Crippen molar-refractivity contribution in [3.63, 3.8) is 0 Å². The number of aromatic nitrogens is 1. The van der Waals surface area contributed by atoms with E-state index in [0.29, 0.717) is 17.5 Å². The topological polar surface area (TPSA) is 66.5 Å². The van der Waals surface area contributed by atoms with Gasteiger partial charge in [0.15, 0.2) is 5.13 Å². The van der Waals surface area contributed by atoms with Crippen molar-refractivity contribution in [1.29, 1.82) is 0 Å². The van der Waals surface area contributed by atoms with Crippen LogP contribution in [0.5, 0.6) is 5.06 Å². The summed E-state index contributed by atoms with van der Waals surface area (Å²) in [7, 11) is 0. The number of nitrogens with one attached hydrogen (secondary N) is 2. The quantitative estimate of drug-likeness (QED) is 0.812. The molecular weight excluding hydrogens is 300 g/mol. The maximum atomic E-state index is 11.7. The highest BCUT2D eigenvalue weighted by molar-refractivity contribution is 7.17. The molecule has 1 aromatic heterocycles. The van der Waals surface area contributed by atoms with Crippen LogP contribution >= 0.6 is 11.3 Å². The number of thiazole rings is 1. The molecule has 0 spiro atoms. The summed E-state index contributed by atoms with van der Waals surface area (Å²) in [6.07, 6.45) is 2.17. The predicted octanol–water partition coefficient (Wildman–Crippen LogP) is 2.00. The lowest BCUT2D eigenvalue weighted by molar-refractivity contribution is 0.201. The highest BCUT2D eigenvalue weighted by Crippen LogP contribution is 2.33. The van der Waals surface area contributed by atoms with Crippen molar-refractivity contribution in [1.82, 2.24) is 15.6 Å². The summed E-state index contributed by atoms with van der Waals surface area (Å²) in [6.45, 7) is 8.71. The van der Waals surface area contributed by atoms with Gasteiger partial charge in [-0.1, -0.05) is 25.2 Å². The Morgan fingerprint density at radius 2 is 2.18 bits per heavy atom. The number of hydrogen-bond donors (Lipinski definition) is 2. The van der Waals surface area contributed by atoms with Crippen molar-refractivity contribution in [3.8, 4) is 5.06 Å². The van der Waals surface area contributed by atoms with Crippen LogP contribution in [-0.4, -0.2) is 43.8 Å². The first-order chi connectivity index (χ1) is 10.6. The molecule has 3 heterocycles. The molecule has 6 nitrogen and oxygen atoms in total. The second-order valence-electron chi connectivity index (χ2n) is 6.13. The van der Waals surface area contributed by atoms with Gasteiger partial charge in [-0.3, -0.25) is 0 Å². The van der Waals surface area contributed by atoms with Gasteiger partial charge in [0.25, 0.3) is 0 Å². The van der Waals surface area contributed by atoms with Gasteiger partial charge in [0.2, 0.25) is 5.06 Å². The van der Waals surface area contributed by atoms with E-state index < -0.39 is 6.09 Å². The first kappa shape index (κ1) is 15.3. The monoisotopic (exact) mass is 322 g/mol. The van der Waals surface area contributed by atoms with Gasteiger partial charge >= 0.3 is 6.09 Å². The standard InChI is InChI=1S/C15H22N4O2S/c1-10(2)3-4-17-15(20)21-13-7-18-14(22-13)19-8-11-5-16-6-12(11)9-19/h7,10,16H,3-6,8-9H2,1-2H3,(H,17,20). The summed E-state index contributed by atoms with van der Waals surface area (Å²) in [5.41, 5.74) is 2.95. The van der Waals surface area contributed by atoms with Gasteiger partial charge in [0.05, 0.1) is 6.20 Å². The summed E-state index contributed by atoms with van der Waals surface area (Å²) in [5.74, 6) is 0.564. The molecule has 0 unspecified atom stereocenters. The number of rotatable bonds is 5. The van der Waals surface area contributed by atoms with Crippen molar-refractivity contribution in [2.75, 3.05) is 37.6 Å².